The van der Waals surface area contributed by atoms with Crippen LogP contribution < -0.4 is 4.72 Å². The lowest BCUT2D eigenvalue weighted by Crippen LogP contribution is -2.12. The molecular weight excluding hydrogens is 444 g/mol. The van der Waals surface area contributed by atoms with E-state index in [0.29, 0.717) is 35.7 Å². The van der Waals surface area contributed by atoms with Crippen molar-refractivity contribution in [2.45, 2.75) is 64.7 Å². The zero-order chi connectivity index (χ0) is 23.8. The van der Waals surface area contributed by atoms with Crippen molar-refractivity contribution in [2.24, 2.45) is 0 Å². The first-order valence-electron chi connectivity index (χ1n) is 11.2. The number of aromatic nitrogens is 6. The Labute approximate surface area is 196 Å². The quantitative estimate of drug-likeness (QED) is 0.290. The molecule has 0 fully saturated rings. The van der Waals surface area contributed by atoms with Gasteiger partial charge in [-0.25, -0.2) is 18.7 Å². The van der Waals surface area contributed by atoms with Crippen molar-refractivity contribution in [3.63, 3.8) is 0 Å². The molecule has 3 heterocycles. The highest BCUT2D eigenvalue weighted by Crippen LogP contribution is 2.31. The second-order valence-electron chi connectivity index (χ2n) is 6.99. The lowest BCUT2D eigenvalue weighted by atomic mass is 10.0. The number of alkyl halides is 2. The van der Waals surface area contributed by atoms with Crippen molar-refractivity contribution < 1.29 is 8.78 Å². The number of halogens is 2. The van der Waals surface area contributed by atoms with Crippen molar-refractivity contribution in [1.82, 2.24) is 29.9 Å². The second-order valence-corrected chi connectivity index (χ2v) is 7.84. The number of hydrogen-bond donors (Lipinski definition) is 2. The van der Waals surface area contributed by atoms with Crippen LogP contribution in [0.1, 0.15) is 51.1 Å². The third-order valence-electron chi connectivity index (χ3n) is 4.90. The van der Waals surface area contributed by atoms with Gasteiger partial charge in [-0.2, -0.15) is 10.2 Å². The van der Waals surface area contributed by atoms with Gasteiger partial charge in [-0.15, -0.1) is 4.80 Å². The van der Waals surface area contributed by atoms with Crippen LogP contribution in [-0.4, -0.2) is 36.4 Å². The average Bonchev–Trinajstić information content (AvgIpc) is 3.50. The van der Waals surface area contributed by atoms with Crippen LogP contribution in [0.4, 0.5) is 14.7 Å². The lowest BCUT2D eigenvalue weighted by molar-refractivity contribution is 0.148. The number of aromatic amines is 1. The van der Waals surface area contributed by atoms with E-state index in [4.69, 9.17) is 0 Å². The minimum Gasteiger partial charge on any atom is -0.358 e. The Bertz CT molecular complexity index is 1160. The number of H-pyrrole nitrogens is 1. The van der Waals surface area contributed by atoms with E-state index in [2.05, 4.69) is 29.9 Å². The zero-order valence-electron chi connectivity index (χ0n) is 19.3. The van der Waals surface area contributed by atoms with Gasteiger partial charge in [0.15, 0.2) is 0 Å². The summed E-state index contributed by atoms with van der Waals surface area (Å²) >= 11 is 1.38. The predicted octanol–water partition coefficient (Wildman–Crippen LogP) is 6.01. The Hall–Kier alpha value is -3.01. The number of rotatable bonds is 9. The molecule has 3 aromatic heterocycles. The molecule has 0 bridgehead atoms. The maximum atomic E-state index is 13.1. The Balaban J connectivity index is 0.00000149. The van der Waals surface area contributed by atoms with Crippen LogP contribution in [0.15, 0.2) is 41.7 Å². The van der Waals surface area contributed by atoms with Gasteiger partial charge >= 0.3 is 0 Å². The van der Waals surface area contributed by atoms with Crippen molar-refractivity contribution >= 4 is 28.8 Å². The molecule has 1 aromatic carbocycles. The van der Waals surface area contributed by atoms with E-state index < -0.39 is 6.43 Å². The summed E-state index contributed by atoms with van der Waals surface area (Å²) in [6.45, 7) is 7.94. The van der Waals surface area contributed by atoms with Crippen molar-refractivity contribution in [1.29, 1.82) is 0 Å². The Morgan fingerprint density at radius 2 is 1.82 bits per heavy atom. The summed E-state index contributed by atoms with van der Waals surface area (Å²) < 4.78 is 29.4. The Kier molecular flexibility index (Phi) is 8.76. The van der Waals surface area contributed by atoms with Crippen LogP contribution in [0.3, 0.4) is 0 Å². The number of fused-ring (bicyclic) bond motifs is 1. The highest BCUT2D eigenvalue weighted by molar-refractivity contribution is 8.00. The number of para-hydroxylation sites is 1. The highest BCUT2D eigenvalue weighted by atomic mass is 32.2. The number of hydrogen-bond acceptors (Lipinski definition) is 6. The molecule has 4 rings (SSSR count). The minimum atomic E-state index is -2.41. The number of nitrogens with one attached hydrogen (secondary N) is 2. The van der Waals surface area contributed by atoms with Gasteiger partial charge in [0.1, 0.15) is 5.69 Å². The monoisotopic (exact) mass is 473 g/mol. The molecule has 0 aliphatic rings. The van der Waals surface area contributed by atoms with E-state index in [1.807, 2.05) is 52.1 Å². The minimum absolute atomic E-state index is 0.307. The number of aryl methyl sites for hydroxylation is 2. The highest BCUT2D eigenvalue weighted by Gasteiger charge is 2.18. The fraction of sp³-hybridized carbons (Fsp3) is 0.391. The Morgan fingerprint density at radius 3 is 2.48 bits per heavy atom. The Morgan fingerprint density at radius 1 is 1.09 bits per heavy atom. The maximum absolute atomic E-state index is 13.1. The number of benzene rings is 1. The molecule has 0 atom stereocenters. The summed E-state index contributed by atoms with van der Waals surface area (Å²) in [5.74, 6) is 0.433. The molecule has 0 saturated heterocycles. The summed E-state index contributed by atoms with van der Waals surface area (Å²) in [7, 11) is 0. The molecule has 7 nitrogen and oxygen atoms in total. The first kappa shape index (κ1) is 24.6. The topological polar surface area (TPSA) is 84.3 Å². The van der Waals surface area contributed by atoms with Crippen LogP contribution in [0.5, 0.6) is 0 Å². The van der Waals surface area contributed by atoms with Crippen LogP contribution in [0.25, 0.3) is 16.6 Å². The van der Waals surface area contributed by atoms with Crippen LogP contribution >= 0.6 is 11.9 Å². The predicted molar refractivity (Wildman–Crippen MR) is 129 cm³/mol. The van der Waals surface area contributed by atoms with Gasteiger partial charge < -0.3 is 4.98 Å². The first-order chi connectivity index (χ1) is 16.1. The van der Waals surface area contributed by atoms with E-state index >= 15 is 0 Å². The second kappa shape index (κ2) is 11.7. The molecule has 0 amide bonds. The van der Waals surface area contributed by atoms with Gasteiger partial charge in [-0.3, -0.25) is 4.72 Å². The van der Waals surface area contributed by atoms with Crippen LogP contribution in [-0.2, 0) is 19.3 Å². The van der Waals surface area contributed by atoms with E-state index in [0.717, 1.165) is 27.9 Å². The molecule has 0 aliphatic carbocycles. The summed E-state index contributed by atoms with van der Waals surface area (Å²) in [5.41, 5.74) is 3.72. The summed E-state index contributed by atoms with van der Waals surface area (Å²) in [6.07, 6.45) is 4.49. The summed E-state index contributed by atoms with van der Waals surface area (Å²) in [4.78, 5) is 14.9. The standard InChI is InChI=1S/C21H23F2N7S.C2H6/c1-3-6-16-14(11-19(22)23)15(4-2)27-21(28-16)29-31-18-12-24-20-13(18)7-5-8-17(20)30-25-9-10-26-30;1-2/h5,7-10,12,19,24H,3-4,6,11H2,1-2H3,(H,27,28,29);1-2H3. The third-order valence-corrected chi connectivity index (χ3v) is 5.74. The molecule has 4 aromatic rings. The van der Waals surface area contributed by atoms with Crippen molar-refractivity contribution in [3.05, 3.63) is 53.7 Å². The van der Waals surface area contributed by atoms with E-state index in [1.165, 1.54) is 11.9 Å². The number of nitrogens with zero attached hydrogens (tertiary/aromatic N) is 5. The summed E-state index contributed by atoms with van der Waals surface area (Å²) in [5, 5.41) is 9.41. The SMILES string of the molecule is CC.CCCc1nc(NSc2c[nH]c3c(-n4nccn4)cccc23)nc(CC)c1CC(F)F. The van der Waals surface area contributed by atoms with Gasteiger partial charge in [-0.05, 0) is 30.9 Å². The van der Waals surface area contributed by atoms with Gasteiger partial charge in [0.2, 0.25) is 12.4 Å². The molecular formula is C23H29F2N7S. The third kappa shape index (κ3) is 5.68. The molecule has 0 spiro atoms. The zero-order valence-corrected chi connectivity index (χ0v) is 20.1. The maximum Gasteiger partial charge on any atom is 0.242 e. The van der Waals surface area contributed by atoms with Crippen molar-refractivity contribution in [2.75, 3.05) is 4.72 Å². The molecule has 2 N–H and O–H groups in total. The molecule has 0 saturated carbocycles. The molecule has 10 heteroatoms. The number of anilines is 1. The molecule has 0 radical (unpaired) electrons. The van der Waals surface area contributed by atoms with E-state index in [9.17, 15) is 8.78 Å². The largest absolute Gasteiger partial charge is 0.358 e. The fourth-order valence-electron chi connectivity index (χ4n) is 3.56. The van der Waals surface area contributed by atoms with Crippen molar-refractivity contribution in [3.8, 4) is 5.69 Å². The van der Waals surface area contributed by atoms with E-state index in [1.54, 1.807) is 17.2 Å². The van der Waals surface area contributed by atoms with Crippen LogP contribution in [0, 0.1) is 0 Å². The average molecular weight is 474 g/mol. The molecule has 0 aliphatic heterocycles. The molecule has 33 heavy (non-hydrogen) atoms. The summed E-state index contributed by atoms with van der Waals surface area (Å²) in [6, 6.07) is 5.90. The van der Waals surface area contributed by atoms with Crippen LogP contribution in [0.2, 0.25) is 0 Å². The van der Waals surface area contributed by atoms with E-state index in [-0.39, 0.29) is 6.42 Å². The van der Waals surface area contributed by atoms with Gasteiger partial charge in [0, 0.05) is 35.0 Å². The van der Waals surface area contributed by atoms with Gasteiger partial charge in [-0.1, -0.05) is 46.2 Å². The van der Waals surface area contributed by atoms with Gasteiger partial charge in [0.05, 0.1) is 22.8 Å². The molecule has 0 unspecified atom stereocenters. The normalized spacial score (nSPS) is 11.0. The fourth-order valence-corrected chi connectivity index (χ4v) is 4.25. The lowest BCUT2D eigenvalue weighted by Gasteiger charge is -2.14. The first-order valence-corrected chi connectivity index (χ1v) is 12.0. The van der Waals surface area contributed by atoms with Gasteiger partial charge in [0.25, 0.3) is 0 Å². The smallest absolute Gasteiger partial charge is 0.242 e. The molecule has 176 valence electrons.